The third-order valence-electron chi connectivity index (χ3n) is 3.45. The van der Waals surface area contributed by atoms with Gasteiger partial charge < -0.3 is 15.0 Å². The number of benzene rings is 1. The minimum atomic E-state index is 0.602. The van der Waals surface area contributed by atoms with E-state index in [0.717, 1.165) is 25.3 Å². The molecule has 1 N–H and O–H groups in total. The molecule has 3 nitrogen and oxygen atoms in total. The van der Waals surface area contributed by atoms with Crippen LogP contribution in [0.2, 0.25) is 0 Å². The lowest BCUT2D eigenvalue weighted by Gasteiger charge is -2.14. The highest BCUT2D eigenvalue weighted by molar-refractivity contribution is 5.53. The highest BCUT2D eigenvalue weighted by atomic mass is 16.5. The minimum absolute atomic E-state index is 0.602. The number of likely N-dealkylation sites (N-methyl/N-ethyl adjacent to an activating group) is 1. The summed E-state index contributed by atoms with van der Waals surface area (Å²) in [5.41, 5.74) is 2.58. The summed E-state index contributed by atoms with van der Waals surface area (Å²) in [6.07, 6.45) is 2.29. The summed E-state index contributed by atoms with van der Waals surface area (Å²) in [5.74, 6) is 1.06. The van der Waals surface area contributed by atoms with E-state index < -0.39 is 0 Å². The molecule has 0 aromatic heterocycles. The molecular weight excluding hydrogens is 200 g/mol. The van der Waals surface area contributed by atoms with Crippen LogP contribution < -0.4 is 10.1 Å². The van der Waals surface area contributed by atoms with Gasteiger partial charge in [0.2, 0.25) is 0 Å². The first-order chi connectivity index (χ1) is 7.81. The Morgan fingerprint density at radius 1 is 1.44 bits per heavy atom. The second-order valence-electron chi connectivity index (χ2n) is 4.81. The van der Waals surface area contributed by atoms with Gasteiger partial charge in [0.1, 0.15) is 5.75 Å². The maximum atomic E-state index is 5.50. The van der Waals surface area contributed by atoms with Crippen molar-refractivity contribution < 1.29 is 4.74 Å². The van der Waals surface area contributed by atoms with E-state index in [0.29, 0.717) is 6.04 Å². The van der Waals surface area contributed by atoms with E-state index in [-0.39, 0.29) is 0 Å². The van der Waals surface area contributed by atoms with E-state index in [2.05, 4.69) is 35.5 Å². The molecule has 1 saturated heterocycles. The van der Waals surface area contributed by atoms with Crippen LogP contribution in [-0.2, 0) is 6.42 Å². The van der Waals surface area contributed by atoms with Gasteiger partial charge in [0.05, 0.1) is 6.61 Å². The van der Waals surface area contributed by atoms with E-state index in [1.807, 2.05) is 0 Å². The molecule has 1 aromatic rings. The van der Waals surface area contributed by atoms with Crippen LogP contribution in [0.1, 0.15) is 12.0 Å². The van der Waals surface area contributed by atoms with Crippen molar-refractivity contribution in [3.05, 3.63) is 23.8 Å². The lowest BCUT2D eigenvalue weighted by Crippen LogP contribution is -2.23. The number of ether oxygens (including phenoxy) is 1. The molecule has 0 bridgehead atoms. The van der Waals surface area contributed by atoms with Gasteiger partial charge in [0.25, 0.3) is 0 Å². The van der Waals surface area contributed by atoms with Gasteiger partial charge in [0, 0.05) is 24.7 Å². The molecule has 0 saturated carbocycles. The number of rotatable bonds is 2. The standard InChI is InChI=1S/C13H18N2O/c1-15-6-4-12(9-15)14-11-2-3-13-10(8-11)5-7-16-13/h2-3,8,12,14H,4-7,9H2,1H3. The normalized spacial score (nSPS) is 24.2. The van der Waals surface area contributed by atoms with Gasteiger partial charge in [-0.2, -0.15) is 0 Å². The van der Waals surface area contributed by atoms with Crippen molar-refractivity contribution in [1.82, 2.24) is 4.90 Å². The number of nitrogens with zero attached hydrogens (tertiary/aromatic N) is 1. The second-order valence-corrected chi connectivity index (χ2v) is 4.81. The molecule has 3 heteroatoms. The molecule has 2 aliphatic rings. The molecule has 86 valence electrons. The zero-order valence-electron chi connectivity index (χ0n) is 9.70. The van der Waals surface area contributed by atoms with Gasteiger partial charge >= 0.3 is 0 Å². The molecule has 1 unspecified atom stereocenters. The van der Waals surface area contributed by atoms with Crippen molar-refractivity contribution in [3.8, 4) is 5.75 Å². The molecule has 1 aromatic carbocycles. The topological polar surface area (TPSA) is 24.5 Å². The fourth-order valence-corrected chi connectivity index (χ4v) is 2.56. The van der Waals surface area contributed by atoms with Crippen molar-refractivity contribution in [2.45, 2.75) is 18.9 Å². The molecule has 0 aliphatic carbocycles. The number of hydrogen-bond acceptors (Lipinski definition) is 3. The molecule has 2 aliphatic heterocycles. The fourth-order valence-electron chi connectivity index (χ4n) is 2.56. The summed E-state index contributed by atoms with van der Waals surface area (Å²) in [6.45, 7) is 3.18. The molecule has 2 heterocycles. The van der Waals surface area contributed by atoms with Crippen molar-refractivity contribution in [2.24, 2.45) is 0 Å². The van der Waals surface area contributed by atoms with Crippen molar-refractivity contribution in [2.75, 3.05) is 32.1 Å². The van der Waals surface area contributed by atoms with Crippen molar-refractivity contribution in [1.29, 1.82) is 0 Å². The molecule has 1 fully saturated rings. The Hall–Kier alpha value is -1.22. The number of anilines is 1. The van der Waals surface area contributed by atoms with E-state index in [1.54, 1.807) is 0 Å². The molecule has 0 spiro atoms. The molecule has 0 amide bonds. The molecule has 0 radical (unpaired) electrons. The van der Waals surface area contributed by atoms with Crippen LogP contribution in [-0.4, -0.2) is 37.7 Å². The number of nitrogens with one attached hydrogen (secondary N) is 1. The molecule has 16 heavy (non-hydrogen) atoms. The predicted octanol–water partition coefficient (Wildman–Crippen LogP) is 1.74. The quantitative estimate of drug-likeness (QED) is 0.818. The number of likely N-dealkylation sites (tertiary alicyclic amines) is 1. The van der Waals surface area contributed by atoms with Gasteiger partial charge in [-0.15, -0.1) is 0 Å². The van der Waals surface area contributed by atoms with E-state index in [1.165, 1.54) is 24.2 Å². The summed E-state index contributed by atoms with van der Waals surface area (Å²) in [5, 5.41) is 3.60. The van der Waals surface area contributed by atoms with E-state index in [9.17, 15) is 0 Å². The van der Waals surface area contributed by atoms with Crippen LogP contribution >= 0.6 is 0 Å². The van der Waals surface area contributed by atoms with Crippen LogP contribution in [0.4, 0.5) is 5.69 Å². The Labute approximate surface area is 96.4 Å². The Morgan fingerprint density at radius 2 is 2.38 bits per heavy atom. The maximum absolute atomic E-state index is 5.50. The Kier molecular flexibility index (Phi) is 2.48. The first-order valence-electron chi connectivity index (χ1n) is 6.02. The first-order valence-corrected chi connectivity index (χ1v) is 6.02. The van der Waals surface area contributed by atoms with Crippen LogP contribution in [0.5, 0.6) is 5.75 Å². The third kappa shape index (κ3) is 1.87. The van der Waals surface area contributed by atoms with E-state index >= 15 is 0 Å². The Balaban J connectivity index is 1.71. The Bertz CT molecular complexity index is 392. The average molecular weight is 218 g/mol. The maximum Gasteiger partial charge on any atom is 0.122 e. The van der Waals surface area contributed by atoms with Gasteiger partial charge in [-0.25, -0.2) is 0 Å². The summed E-state index contributed by atoms with van der Waals surface area (Å²) in [4.78, 5) is 2.37. The highest BCUT2D eigenvalue weighted by Gasteiger charge is 2.19. The smallest absolute Gasteiger partial charge is 0.122 e. The minimum Gasteiger partial charge on any atom is -0.493 e. The Morgan fingerprint density at radius 3 is 3.19 bits per heavy atom. The molecule has 3 rings (SSSR count). The fraction of sp³-hybridized carbons (Fsp3) is 0.538. The summed E-state index contributed by atoms with van der Waals surface area (Å²) in [7, 11) is 2.18. The summed E-state index contributed by atoms with van der Waals surface area (Å²) < 4.78 is 5.50. The lowest BCUT2D eigenvalue weighted by molar-refractivity contribution is 0.357. The largest absolute Gasteiger partial charge is 0.493 e. The van der Waals surface area contributed by atoms with E-state index in [4.69, 9.17) is 4.74 Å². The van der Waals surface area contributed by atoms with Gasteiger partial charge in [-0.1, -0.05) is 0 Å². The monoisotopic (exact) mass is 218 g/mol. The number of hydrogen-bond donors (Lipinski definition) is 1. The van der Waals surface area contributed by atoms with Crippen LogP contribution in [0.15, 0.2) is 18.2 Å². The van der Waals surface area contributed by atoms with Crippen LogP contribution in [0.3, 0.4) is 0 Å². The van der Waals surface area contributed by atoms with Crippen molar-refractivity contribution in [3.63, 3.8) is 0 Å². The SMILES string of the molecule is CN1CCC(Nc2ccc3c(c2)CCO3)C1. The highest BCUT2D eigenvalue weighted by Crippen LogP contribution is 2.28. The zero-order valence-corrected chi connectivity index (χ0v) is 9.70. The summed E-state index contributed by atoms with van der Waals surface area (Å²) >= 11 is 0. The lowest BCUT2D eigenvalue weighted by atomic mass is 10.1. The van der Waals surface area contributed by atoms with Crippen LogP contribution in [0, 0.1) is 0 Å². The van der Waals surface area contributed by atoms with Crippen molar-refractivity contribution >= 4 is 5.69 Å². The molecule has 1 atom stereocenters. The van der Waals surface area contributed by atoms with Gasteiger partial charge in [-0.3, -0.25) is 0 Å². The second kappa shape index (κ2) is 3.98. The zero-order chi connectivity index (χ0) is 11.0. The third-order valence-corrected chi connectivity index (χ3v) is 3.45. The average Bonchev–Trinajstić information content (AvgIpc) is 2.87. The van der Waals surface area contributed by atoms with Crippen LogP contribution in [0.25, 0.3) is 0 Å². The first kappa shape index (κ1) is 9.97. The molecular formula is C13H18N2O. The number of fused-ring (bicyclic) bond motifs is 1. The van der Waals surface area contributed by atoms with Gasteiger partial charge in [0.15, 0.2) is 0 Å². The summed E-state index contributed by atoms with van der Waals surface area (Å²) in [6, 6.07) is 7.05. The van der Waals surface area contributed by atoms with Gasteiger partial charge in [-0.05, 0) is 43.8 Å². The predicted molar refractivity (Wildman–Crippen MR) is 65.2 cm³/mol.